The van der Waals surface area contributed by atoms with Crippen molar-refractivity contribution in [2.45, 2.75) is 51.4 Å². The first kappa shape index (κ1) is 15.1. The molecule has 4 nitrogen and oxygen atoms in total. The molecule has 1 saturated heterocycles. The van der Waals surface area contributed by atoms with E-state index in [2.05, 4.69) is 29.8 Å². The summed E-state index contributed by atoms with van der Waals surface area (Å²) in [5, 5.41) is 10.8. The van der Waals surface area contributed by atoms with Gasteiger partial charge in [0.05, 0.1) is 21.8 Å². The third kappa shape index (κ3) is 2.67. The molecule has 2 aliphatic rings. The molecule has 116 valence electrons. The van der Waals surface area contributed by atoms with Crippen molar-refractivity contribution in [3.63, 3.8) is 0 Å². The molecule has 2 heterocycles. The molecule has 0 aromatic heterocycles. The maximum Gasteiger partial charge on any atom is 0.231 e. The molecule has 1 N–H and O–H groups in total. The lowest BCUT2D eigenvalue weighted by atomic mass is 9.80. The number of ether oxygens (including phenoxy) is 3. The van der Waals surface area contributed by atoms with Gasteiger partial charge in [0, 0.05) is 5.92 Å². The molecule has 1 fully saturated rings. The van der Waals surface area contributed by atoms with E-state index in [0.717, 1.165) is 16.5 Å². The van der Waals surface area contributed by atoms with Gasteiger partial charge in [-0.15, -0.1) is 0 Å². The van der Waals surface area contributed by atoms with E-state index in [-0.39, 0.29) is 23.9 Å². The van der Waals surface area contributed by atoms with Crippen LogP contribution in [0, 0.1) is 5.92 Å². The molecule has 0 saturated carbocycles. The average Bonchev–Trinajstić information content (AvgIpc) is 2.90. The predicted octanol–water partition coefficient (Wildman–Crippen LogP) is 3.80. The Morgan fingerprint density at radius 2 is 1.95 bits per heavy atom. The van der Waals surface area contributed by atoms with Crippen LogP contribution in [0.2, 0.25) is 0 Å². The molecular weight excluding hydrogens is 336 g/mol. The first-order valence-electron chi connectivity index (χ1n) is 7.17. The van der Waals surface area contributed by atoms with Gasteiger partial charge in [0.25, 0.3) is 0 Å². The normalized spacial score (nSPS) is 26.9. The van der Waals surface area contributed by atoms with Gasteiger partial charge in [-0.05, 0) is 67.7 Å². The Kier molecular flexibility index (Phi) is 3.50. The molecule has 5 heteroatoms. The van der Waals surface area contributed by atoms with Crippen LogP contribution in [0.1, 0.15) is 45.8 Å². The Hall–Kier alpha value is -0.780. The summed E-state index contributed by atoms with van der Waals surface area (Å²) in [7, 11) is 0. The van der Waals surface area contributed by atoms with E-state index in [4.69, 9.17) is 14.2 Å². The lowest BCUT2D eigenvalue weighted by Gasteiger charge is -2.30. The van der Waals surface area contributed by atoms with Crippen LogP contribution < -0.4 is 9.47 Å². The molecule has 1 aromatic carbocycles. The standard InChI is InChI=1S/C16H21BrO4/c1-15(2)7-10(16(3,4)21-15)13(18)9-5-11(17)14-12(6-9)19-8-20-14/h5-6,10,13,18H,7-8H2,1-4H3. The summed E-state index contributed by atoms with van der Waals surface area (Å²) < 4.78 is 17.7. The highest BCUT2D eigenvalue weighted by molar-refractivity contribution is 9.10. The van der Waals surface area contributed by atoms with E-state index < -0.39 is 6.10 Å². The number of fused-ring (bicyclic) bond motifs is 1. The van der Waals surface area contributed by atoms with E-state index in [1.54, 1.807) is 0 Å². The van der Waals surface area contributed by atoms with Gasteiger partial charge < -0.3 is 19.3 Å². The van der Waals surface area contributed by atoms with Gasteiger partial charge in [-0.25, -0.2) is 0 Å². The van der Waals surface area contributed by atoms with Crippen molar-refractivity contribution in [3.05, 3.63) is 22.2 Å². The molecule has 0 radical (unpaired) electrons. The topological polar surface area (TPSA) is 47.9 Å². The summed E-state index contributed by atoms with van der Waals surface area (Å²) in [5.74, 6) is 1.40. The number of aliphatic hydroxyl groups is 1. The smallest absolute Gasteiger partial charge is 0.231 e. The van der Waals surface area contributed by atoms with Gasteiger partial charge in [0.15, 0.2) is 11.5 Å². The van der Waals surface area contributed by atoms with Gasteiger partial charge in [-0.3, -0.25) is 0 Å². The van der Waals surface area contributed by atoms with E-state index in [1.807, 2.05) is 26.0 Å². The van der Waals surface area contributed by atoms with Crippen molar-refractivity contribution in [3.8, 4) is 11.5 Å². The molecule has 0 spiro atoms. The Labute approximate surface area is 133 Å². The van der Waals surface area contributed by atoms with E-state index >= 15 is 0 Å². The third-order valence-electron chi connectivity index (χ3n) is 4.32. The van der Waals surface area contributed by atoms with Crippen LogP contribution in [0.3, 0.4) is 0 Å². The van der Waals surface area contributed by atoms with Crippen LogP contribution in [0.25, 0.3) is 0 Å². The largest absolute Gasteiger partial charge is 0.454 e. The number of rotatable bonds is 2. The second kappa shape index (κ2) is 4.86. The highest BCUT2D eigenvalue weighted by Gasteiger charge is 2.49. The Morgan fingerprint density at radius 3 is 2.57 bits per heavy atom. The Bertz CT molecular complexity index is 568. The fraction of sp³-hybridized carbons (Fsp3) is 0.625. The molecule has 3 rings (SSSR count). The molecule has 0 aliphatic carbocycles. The average molecular weight is 357 g/mol. The molecule has 2 unspecified atom stereocenters. The molecular formula is C16H21BrO4. The summed E-state index contributed by atoms with van der Waals surface area (Å²) >= 11 is 3.48. The van der Waals surface area contributed by atoms with Crippen LogP contribution in [-0.2, 0) is 4.74 Å². The number of hydrogen-bond donors (Lipinski definition) is 1. The Balaban J connectivity index is 1.92. The number of halogens is 1. The number of aliphatic hydroxyl groups excluding tert-OH is 1. The molecule has 0 bridgehead atoms. The first-order chi connectivity index (χ1) is 9.70. The minimum Gasteiger partial charge on any atom is -0.454 e. The van der Waals surface area contributed by atoms with E-state index in [1.165, 1.54) is 0 Å². The van der Waals surface area contributed by atoms with Gasteiger partial charge in [0.2, 0.25) is 6.79 Å². The van der Waals surface area contributed by atoms with E-state index in [9.17, 15) is 5.11 Å². The van der Waals surface area contributed by atoms with E-state index in [0.29, 0.717) is 11.5 Å². The highest BCUT2D eigenvalue weighted by atomic mass is 79.9. The van der Waals surface area contributed by atoms with Crippen LogP contribution in [0.5, 0.6) is 11.5 Å². The van der Waals surface area contributed by atoms with Gasteiger partial charge >= 0.3 is 0 Å². The summed E-state index contributed by atoms with van der Waals surface area (Å²) in [6.45, 7) is 8.43. The molecule has 21 heavy (non-hydrogen) atoms. The minimum atomic E-state index is -0.604. The van der Waals surface area contributed by atoms with Gasteiger partial charge in [0.1, 0.15) is 0 Å². The van der Waals surface area contributed by atoms with Crippen molar-refractivity contribution < 1.29 is 19.3 Å². The van der Waals surface area contributed by atoms with Crippen LogP contribution in [0.15, 0.2) is 16.6 Å². The van der Waals surface area contributed by atoms with Crippen LogP contribution in [0.4, 0.5) is 0 Å². The maximum absolute atomic E-state index is 10.8. The maximum atomic E-state index is 10.8. The van der Waals surface area contributed by atoms with Crippen molar-refractivity contribution in [1.29, 1.82) is 0 Å². The van der Waals surface area contributed by atoms with Crippen molar-refractivity contribution in [2.75, 3.05) is 6.79 Å². The molecule has 2 aliphatic heterocycles. The lowest BCUT2D eigenvalue weighted by molar-refractivity contribution is -0.0880. The minimum absolute atomic E-state index is 0.0276. The fourth-order valence-corrected chi connectivity index (χ4v) is 4.06. The zero-order valence-corrected chi connectivity index (χ0v) is 14.4. The monoisotopic (exact) mass is 356 g/mol. The number of hydrogen-bond acceptors (Lipinski definition) is 4. The van der Waals surface area contributed by atoms with Crippen molar-refractivity contribution in [2.24, 2.45) is 5.92 Å². The predicted molar refractivity (Wildman–Crippen MR) is 82.6 cm³/mol. The quantitative estimate of drug-likeness (QED) is 0.875. The second-order valence-electron chi connectivity index (χ2n) is 6.96. The highest BCUT2D eigenvalue weighted by Crippen LogP contribution is 2.49. The fourth-order valence-electron chi connectivity index (χ4n) is 3.49. The number of benzene rings is 1. The molecule has 2 atom stereocenters. The second-order valence-corrected chi connectivity index (χ2v) is 7.81. The van der Waals surface area contributed by atoms with Gasteiger partial charge in [-0.1, -0.05) is 0 Å². The van der Waals surface area contributed by atoms with Crippen LogP contribution >= 0.6 is 15.9 Å². The SMILES string of the molecule is CC1(C)CC(C(O)c2cc(Br)c3c(c2)OCO3)C(C)(C)O1. The zero-order valence-electron chi connectivity index (χ0n) is 12.8. The van der Waals surface area contributed by atoms with Crippen LogP contribution in [-0.4, -0.2) is 23.1 Å². The first-order valence-corrected chi connectivity index (χ1v) is 7.96. The third-order valence-corrected chi connectivity index (χ3v) is 4.91. The lowest BCUT2D eigenvalue weighted by Crippen LogP contribution is -2.32. The Morgan fingerprint density at radius 1 is 1.24 bits per heavy atom. The van der Waals surface area contributed by atoms with Crippen molar-refractivity contribution >= 4 is 15.9 Å². The zero-order chi connectivity index (χ0) is 15.4. The molecule has 1 aromatic rings. The van der Waals surface area contributed by atoms with Crippen molar-refractivity contribution in [1.82, 2.24) is 0 Å². The molecule has 0 amide bonds. The summed E-state index contributed by atoms with van der Waals surface area (Å²) in [6, 6.07) is 3.76. The summed E-state index contributed by atoms with van der Waals surface area (Å²) in [5.41, 5.74) is 0.236. The summed E-state index contributed by atoms with van der Waals surface area (Å²) in [4.78, 5) is 0. The summed E-state index contributed by atoms with van der Waals surface area (Å²) in [6.07, 6.45) is 0.209. The van der Waals surface area contributed by atoms with Gasteiger partial charge in [-0.2, -0.15) is 0 Å².